The Hall–Kier alpha value is -2.05. The molecule has 0 aromatic carbocycles. The fourth-order valence-corrected chi connectivity index (χ4v) is 1.92. The Morgan fingerprint density at radius 1 is 0.875 bits per heavy atom. The third kappa shape index (κ3) is 19.9. The molecule has 1 N–H and O–H groups in total. The number of allylic oxidation sites excluding steroid dienone is 9. The molecule has 0 aromatic rings. The highest BCUT2D eigenvalue weighted by atomic mass is 16.4. The molecule has 0 amide bonds. The van der Waals surface area contributed by atoms with E-state index in [4.69, 9.17) is 5.11 Å². The van der Waals surface area contributed by atoms with E-state index in [1.54, 1.807) is 0 Å². The van der Waals surface area contributed by atoms with Crippen LogP contribution in [0.4, 0.5) is 0 Å². The van der Waals surface area contributed by atoms with Crippen LogP contribution >= 0.6 is 0 Å². The lowest BCUT2D eigenvalue weighted by Crippen LogP contribution is -1.91. The van der Waals surface area contributed by atoms with Crippen molar-refractivity contribution in [3.63, 3.8) is 0 Å². The van der Waals surface area contributed by atoms with Gasteiger partial charge in [-0.15, -0.1) is 5.73 Å². The van der Waals surface area contributed by atoms with Crippen molar-refractivity contribution in [1.82, 2.24) is 0 Å². The summed E-state index contributed by atoms with van der Waals surface area (Å²) in [6.07, 6.45) is 29.3. The van der Waals surface area contributed by atoms with Crippen LogP contribution in [0.1, 0.15) is 64.7 Å². The summed E-state index contributed by atoms with van der Waals surface area (Å²) in [5.41, 5.74) is 3.13. The Labute approximate surface area is 147 Å². The lowest BCUT2D eigenvalue weighted by molar-refractivity contribution is -0.136. The summed E-state index contributed by atoms with van der Waals surface area (Å²) in [5.74, 6) is -0.726. The van der Waals surface area contributed by atoms with Crippen molar-refractivity contribution in [3.05, 3.63) is 66.5 Å². The first-order valence-electron chi connectivity index (χ1n) is 9.00. The summed E-state index contributed by atoms with van der Waals surface area (Å²) in [4.78, 5) is 10.3. The van der Waals surface area contributed by atoms with Crippen LogP contribution in [0.2, 0.25) is 0 Å². The van der Waals surface area contributed by atoms with E-state index in [0.717, 1.165) is 38.5 Å². The molecule has 0 saturated heterocycles. The lowest BCUT2D eigenvalue weighted by Gasteiger charge is -1.93. The van der Waals surface area contributed by atoms with Gasteiger partial charge in [0.15, 0.2) is 0 Å². The minimum absolute atomic E-state index is 0.231. The normalized spacial score (nSPS) is 11.7. The number of aliphatic carboxylic acids is 1. The van der Waals surface area contributed by atoms with Gasteiger partial charge in [-0.2, -0.15) is 0 Å². The van der Waals surface area contributed by atoms with Crippen LogP contribution in [-0.4, -0.2) is 11.1 Å². The van der Waals surface area contributed by atoms with Crippen molar-refractivity contribution in [2.24, 2.45) is 0 Å². The molecule has 2 nitrogen and oxygen atoms in total. The van der Waals surface area contributed by atoms with Gasteiger partial charge < -0.3 is 5.11 Å². The van der Waals surface area contributed by atoms with Crippen LogP contribution in [-0.2, 0) is 4.79 Å². The molecular formula is C22H32O2. The minimum atomic E-state index is -0.726. The van der Waals surface area contributed by atoms with Gasteiger partial charge in [0.05, 0.1) is 0 Å². The highest BCUT2D eigenvalue weighted by Gasteiger charge is 1.91. The predicted molar refractivity (Wildman–Crippen MR) is 104 cm³/mol. The van der Waals surface area contributed by atoms with Gasteiger partial charge in [0.1, 0.15) is 0 Å². The molecule has 0 aliphatic rings. The van der Waals surface area contributed by atoms with E-state index in [9.17, 15) is 4.79 Å². The van der Waals surface area contributed by atoms with E-state index in [2.05, 4.69) is 49.1 Å². The Kier molecular flexibility index (Phi) is 17.4. The van der Waals surface area contributed by atoms with Crippen LogP contribution in [0.25, 0.3) is 0 Å². The number of carboxylic acid groups (broad SMARTS) is 1. The maximum absolute atomic E-state index is 10.3. The average Bonchev–Trinajstić information content (AvgIpc) is 2.56. The first-order valence-corrected chi connectivity index (χ1v) is 9.00. The van der Waals surface area contributed by atoms with Gasteiger partial charge in [0, 0.05) is 6.42 Å². The molecule has 0 saturated carbocycles. The third-order valence-electron chi connectivity index (χ3n) is 3.22. The number of hydrogen-bond acceptors (Lipinski definition) is 1. The van der Waals surface area contributed by atoms with Gasteiger partial charge in [-0.3, -0.25) is 4.79 Å². The quantitative estimate of drug-likeness (QED) is 0.170. The topological polar surface area (TPSA) is 37.3 Å². The Balaban J connectivity index is 3.46. The summed E-state index contributed by atoms with van der Waals surface area (Å²) in [5, 5.41) is 8.50. The fraction of sp³-hybridized carbons (Fsp3) is 0.455. The second-order valence-electron chi connectivity index (χ2n) is 5.48. The van der Waals surface area contributed by atoms with E-state index in [1.165, 1.54) is 6.42 Å². The Morgan fingerprint density at radius 2 is 1.50 bits per heavy atom. The summed E-state index contributed by atoms with van der Waals surface area (Å²) in [6, 6.07) is 0. The summed E-state index contributed by atoms with van der Waals surface area (Å²) >= 11 is 0. The highest BCUT2D eigenvalue weighted by Crippen LogP contribution is 2.03. The minimum Gasteiger partial charge on any atom is -0.481 e. The van der Waals surface area contributed by atoms with Gasteiger partial charge in [-0.05, 0) is 63.5 Å². The molecule has 0 heterocycles. The second kappa shape index (κ2) is 19.0. The fourth-order valence-electron chi connectivity index (χ4n) is 1.92. The van der Waals surface area contributed by atoms with Crippen LogP contribution in [0.5, 0.6) is 0 Å². The molecule has 2 heteroatoms. The molecule has 0 atom stereocenters. The van der Waals surface area contributed by atoms with Crippen molar-refractivity contribution >= 4 is 5.97 Å². The zero-order chi connectivity index (χ0) is 17.7. The van der Waals surface area contributed by atoms with Crippen molar-refractivity contribution in [2.45, 2.75) is 64.7 Å². The lowest BCUT2D eigenvalue weighted by atomic mass is 10.1. The van der Waals surface area contributed by atoms with Gasteiger partial charge in [0.25, 0.3) is 0 Å². The summed E-state index contributed by atoms with van der Waals surface area (Å²) in [7, 11) is 0. The Bertz CT molecular complexity index is 472. The van der Waals surface area contributed by atoms with Gasteiger partial charge in [-0.25, -0.2) is 0 Å². The molecule has 0 bridgehead atoms. The molecule has 0 aromatic heterocycles. The van der Waals surface area contributed by atoms with Crippen LogP contribution in [0, 0.1) is 0 Å². The summed E-state index contributed by atoms with van der Waals surface area (Å²) < 4.78 is 0. The molecule has 0 aliphatic carbocycles. The summed E-state index contributed by atoms with van der Waals surface area (Å²) in [6.45, 7) is 2.12. The molecule has 0 unspecified atom stereocenters. The zero-order valence-corrected chi connectivity index (χ0v) is 15.0. The molecule has 0 aliphatic heterocycles. The highest BCUT2D eigenvalue weighted by molar-refractivity contribution is 5.66. The van der Waals surface area contributed by atoms with E-state index >= 15 is 0 Å². The van der Waals surface area contributed by atoms with Crippen molar-refractivity contribution in [2.75, 3.05) is 0 Å². The molecule has 132 valence electrons. The van der Waals surface area contributed by atoms with Crippen molar-refractivity contribution < 1.29 is 9.90 Å². The maximum Gasteiger partial charge on any atom is 0.303 e. The average molecular weight is 328 g/mol. The molecule has 0 fully saturated rings. The number of carboxylic acids is 1. The van der Waals surface area contributed by atoms with Crippen LogP contribution < -0.4 is 0 Å². The third-order valence-corrected chi connectivity index (χ3v) is 3.22. The van der Waals surface area contributed by atoms with Gasteiger partial charge in [0.2, 0.25) is 0 Å². The number of unbranched alkanes of at least 4 members (excludes halogenated alkanes) is 3. The molecule has 0 radical (unpaired) electrons. The van der Waals surface area contributed by atoms with E-state index < -0.39 is 5.97 Å². The van der Waals surface area contributed by atoms with Crippen LogP contribution in [0.15, 0.2) is 66.5 Å². The maximum atomic E-state index is 10.3. The largest absolute Gasteiger partial charge is 0.481 e. The molecule has 0 spiro atoms. The van der Waals surface area contributed by atoms with E-state index in [1.807, 2.05) is 24.3 Å². The monoisotopic (exact) mass is 328 g/mol. The SMILES string of the molecule is CC/C=C/C=C=CC/C=C/C/C=C/CCCC/C=C/CCC(=O)O. The van der Waals surface area contributed by atoms with E-state index in [-0.39, 0.29) is 6.42 Å². The van der Waals surface area contributed by atoms with Crippen molar-refractivity contribution in [3.8, 4) is 0 Å². The predicted octanol–water partition coefficient (Wildman–Crippen LogP) is 6.54. The molecule has 0 rings (SSSR count). The van der Waals surface area contributed by atoms with Gasteiger partial charge in [-0.1, -0.05) is 55.5 Å². The van der Waals surface area contributed by atoms with Gasteiger partial charge >= 0.3 is 5.97 Å². The van der Waals surface area contributed by atoms with Crippen LogP contribution in [0.3, 0.4) is 0 Å². The standard InChI is InChI=1S/C22H32O2/c1-2-3-4-5-6-7-8-9-10-11-12-13-14-15-16-17-18-19-20-21-22(23)24/h3-5,7,9-10,12-13,18-19H,2,8,11,14-17,20-21H2,1H3,(H,23,24)/b4-3+,10-9+,13-12+,19-18+. The Morgan fingerprint density at radius 3 is 2.21 bits per heavy atom. The molecule has 24 heavy (non-hydrogen) atoms. The first-order chi connectivity index (χ1) is 11.8. The molecular weight excluding hydrogens is 296 g/mol. The second-order valence-corrected chi connectivity index (χ2v) is 5.48. The zero-order valence-electron chi connectivity index (χ0n) is 15.0. The first kappa shape index (κ1) is 21.9. The number of hydrogen-bond donors (Lipinski definition) is 1. The van der Waals surface area contributed by atoms with E-state index in [0.29, 0.717) is 6.42 Å². The number of carbonyl (C=O) groups is 1. The number of rotatable bonds is 14. The van der Waals surface area contributed by atoms with Crippen molar-refractivity contribution in [1.29, 1.82) is 0 Å². The smallest absolute Gasteiger partial charge is 0.303 e.